The number of hydrogen-bond donors (Lipinski definition) is 1. The Labute approximate surface area is 108 Å². The van der Waals surface area contributed by atoms with E-state index < -0.39 is 0 Å². The summed E-state index contributed by atoms with van der Waals surface area (Å²) in [5.74, 6) is 1.46. The van der Waals surface area contributed by atoms with Gasteiger partial charge in [0.1, 0.15) is 0 Å². The molecule has 0 aromatic carbocycles. The van der Waals surface area contributed by atoms with Gasteiger partial charge in [0, 0.05) is 18.6 Å². The Morgan fingerprint density at radius 2 is 2.24 bits per heavy atom. The smallest absolute Gasteiger partial charge is 0.238 e. The summed E-state index contributed by atoms with van der Waals surface area (Å²) in [6.45, 7) is 5.04. The molecule has 2 saturated heterocycles. The number of thioether (sulfide) groups is 1. The van der Waals surface area contributed by atoms with Gasteiger partial charge in [0.25, 0.3) is 0 Å². The molecule has 17 heavy (non-hydrogen) atoms. The maximum Gasteiger partial charge on any atom is 0.238 e. The standard InChI is InChI=1S/C13H24N2OS/c1-10(14)11-6-3-4-8-15(11)12(16)13(2)7-5-9-17-13/h10-11H,3-9,14H2,1-2H3. The molecule has 0 radical (unpaired) electrons. The van der Waals surface area contributed by atoms with Crippen molar-refractivity contribution in [3.05, 3.63) is 0 Å². The quantitative estimate of drug-likeness (QED) is 0.822. The van der Waals surface area contributed by atoms with Gasteiger partial charge in [0.05, 0.1) is 4.75 Å². The Morgan fingerprint density at radius 3 is 2.82 bits per heavy atom. The maximum atomic E-state index is 12.7. The molecule has 2 rings (SSSR count). The van der Waals surface area contributed by atoms with Crippen LogP contribution in [0.2, 0.25) is 0 Å². The predicted molar refractivity (Wildman–Crippen MR) is 73.1 cm³/mol. The molecule has 1 amide bonds. The Hall–Kier alpha value is -0.220. The second-order valence-electron chi connectivity index (χ2n) is 5.60. The van der Waals surface area contributed by atoms with Crippen molar-refractivity contribution in [1.82, 2.24) is 4.90 Å². The molecule has 2 heterocycles. The summed E-state index contributed by atoms with van der Waals surface area (Å²) in [6.07, 6.45) is 5.61. The van der Waals surface area contributed by atoms with Crippen LogP contribution in [0, 0.1) is 0 Å². The third kappa shape index (κ3) is 2.63. The second-order valence-corrected chi connectivity index (χ2v) is 7.20. The summed E-state index contributed by atoms with van der Waals surface area (Å²) in [5, 5.41) is 0. The summed E-state index contributed by atoms with van der Waals surface area (Å²) < 4.78 is -0.176. The van der Waals surface area contributed by atoms with Crippen LogP contribution in [0.5, 0.6) is 0 Å². The Balaban J connectivity index is 2.10. The summed E-state index contributed by atoms with van der Waals surface area (Å²) in [7, 11) is 0. The molecule has 98 valence electrons. The van der Waals surface area contributed by atoms with Gasteiger partial charge in [-0.05, 0) is 51.7 Å². The summed E-state index contributed by atoms with van der Waals surface area (Å²) in [6, 6.07) is 0.350. The van der Waals surface area contributed by atoms with Gasteiger partial charge in [-0.25, -0.2) is 0 Å². The lowest BCUT2D eigenvalue weighted by molar-refractivity contribution is -0.137. The van der Waals surface area contributed by atoms with Gasteiger partial charge in [0.2, 0.25) is 5.91 Å². The third-order valence-corrected chi connectivity index (χ3v) is 5.60. The average Bonchev–Trinajstić information content (AvgIpc) is 2.76. The van der Waals surface area contributed by atoms with Crippen LogP contribution in [0.1, 0.15) is 46.0 Å². The number of nitrogens with zero attached hydrogens (tertiary/aromatic N) is 1. The van der Waals surface area contributed by atoms with E-state index in [-0.39, 0.29) is 16.8 Å². The van der Waals surface area contributed by atoms with Crippen LogP contribution in [0.4, 0.5) is 0 Å². The molecule has 4 heteroatoms. The molecular formula is C13H24N2OS. The summed E-state index contributed by atoms with van der Waals surface area (Å²) in [4.78, 5) is 14.8. The molecule has 0 aromatic heterocycles. The van der Waals surface area contributed by atoms with Gasteiger partial charge in [-0.3, -0.25) is 4.79 Å². The van der Waals surface area contributed by atoms with Crippen molar-refractivity contribution in [2.45, 2.75) is 62.8 Å². The van der Waals surface area contributed by atoms with Crippen LogP contribution in [0.3, 0.4) is 0 Å². The van der Waals surface area contributed by atoms with E-state index in [1.54, 1.807) is 0 Å². The number of hydrogen-bond acceptors (Lipinski definition) is 3. The fourth-order valence-corrected chi connectivity index (χ4v) is 4.28. The SMILES string of the molecule is CC(N)C1CCCCN1C(=O)C1(C)CCCS1. The number of piperidine rings is 1. The highest BCUT2D eigenvalue weighted by Gasteiger charge is 2.42. The van der Waals surface area contributed by atoms with Crippen molar-refractivity contribution in [3.63, 3.8) is 0 Å². The molecule has 2 aliphatic heterocycles. The topological polar surface area (TPSA) is 46.3 Å². The molecule has 0 saturated carbocycles. The molecule has 0 aliphatic carbocycles. The largest absolute Gasteiger partial charge is 0.337 e. The number of carbonyl (C=O) groups is 1. The molecule has 3 unspecified atom stereocenters. The molecule has 0 spiro atoms. The lowest BCUT2D eigenvalue weighted by atomic mass is 9.94. The minimum atomic E-state index is -0.176. The molecule has 2 aliphatic rings. The van der Waals surface area contributed by atoms with Crippen LogP contribution in [0.15, 0.2) is 0 Å². The van der Waals surface area contributed by atoms with Crippen LogP contribution >= 0.6 is 11.8 Å². The van der Waals surface area contributed by atoms with Gasteiger partial charge >= 0.3 is 0 Å². The first-order chi connectivity index (χ1) is 8.04. The highest BCUT2D eigenvalue weighted by molar-refractivity contribution is 8.01. The lowest BCUT2D eigenvalue weighted by Crippen LogP contribution is -2.56. The molecule has 2 N–H and O–H groups in total. The number of likely N-dealkylation sites (tertiary alicyclic amines) is 1. The van der Waals surface area contributed by atoms with E-state index in [0.717, 1.165) is 31.6 Å². The van der Waals surface area contributed by atoms with Crippen molar-refractivity contribution in [3.8, 4) is 0 Å². The van der Waals surface area contributed by atoms with Crippen molar-refractivity contribution in [1.29, 1.82) is 0 Å². The van der Waals surface area contributed by atoms with E-state index in [9.17, 15) is 4.79 Å². The molecule has 3 nitrogen and oxygen atoms in total. The highest BCUT2D eigenvalue weighted by atomic mass is 32.2. The molecule has 0 aromatic rings. The summed E-state index contributed by atoms with van der Waals surface area (Å²) in [5.41, 5.74) is 6.04. The molecule has 2 fully saturated rings. The van der Waals surface area contributed by atoms with E-state index in [1.807, 2.05) is 18.7 Å². The van der Waals surface area contributed by atoms with E-state index in [4.69, 9.17) is 5.73 Å². The third-order valence-electron chi connectivity index (χ3n) is 4.09. The molecular weight excluding hydrogens is 232 g/mol. The zero-order chi connectivity index (χ0) is 12.5. The zero-order valence-corrected chi connectivity index (χ0v) is 11.8. The van der Waals surface area contributed by atoms with Crippen LogP contribution in [0.25, 0.3) is 0 Å². The number of carbonyl (C=O) groups excluding carboxylic acids is 1. The molecule has 0 bridgehead atoms. The van der Waals surface area contributed by atoms with E-state index >= 15 is 0 Å². The van der Waals surface area contributed by atoms with Gasteiger partial charge in [-0.2, -0.15) is 0 Å². The minimum Gasteiger partial charge on any atom is -0.337 e. The van der Waals surface area contributed by atoms with E-state index in [0.29, 0.717) is 5.91 Å². The van der Waals surface area contributed by atoms with Gasteiger partial charge in [0.15, 0.2) is 0 Å². The summed E-state index contributed by atoms with van der Waals surface area (Å²) >= 11 is 1.83. The van der Waals surface area contributed by atoms with E-state index in [1.165, 1.54) is 12.8 Å². The number of amides is 1. The number of nitrogens with two attached hydrogens (primary N) is 1. The van der Waals surface area contributed by atoms with Gasteiger partial charge < -0.3 is 10.6 Å². The minimum absolute atomic E-state index is 0.0919. The monoisotopic (exact) mass is 256 g/mol. The first-order valence-electron chi connectivity index (χ1n) is 6.75. The van der Waals surface area contributed by atoms with Gasteiger partial charge in [-0.15, -0.1) is 11.8 Å². The number of rotatable bonds is 2. The zero-order valence-electron chi connectivity index (χ0n) is 10.9. The average molecular weight is 256 g/mol. The predicted octanol–water partition coefficient (Wildman–Crippen LogP) is 2.00. The maximum absolute atomic E-state index is 12.7. The fraction of sp³-hybridized carbons (Fsp3) is 0.923. The van der Waals surface area contributed by atoms with Crippen molar-refractivity contribution >= 4 is 17.7 Å². The Morgan fingerprint density at radius 1 is 1.47 bits per heavy atom. The Kier molecular flexibility index (Phi) is 4.03. The van der Waals surface area contributed by atoms with E-state index in [2.05, 4.69) is 11.8 Å². The van der Waals surface area contributed by atoms with Crippen molar-refractivity contribution < 1.29 is 4.79 Å². The van der Waals surface area contributed by atoms with Gasteiger partial charge in [-0.1, -0.05) is 0 Å². The first kappa shape index (κ1) is 13.2. The fourth-order valence-electron chi connectivity index (χ4n) is 3.01. The Bertz CT molecular complexity index is 287. The van der Waals surface area contributed by atoms with Crippen molar-refractivity contribution in [2.24, 2.45) is 5.73 Å². The molecule has 3 atom stereocenters. The van der Waals surface area contributed by atoms with Crippen LogP contribution in [-0.2, 0) is 4.79 Å². The van der Waals surface area contributed by atoms with Crippen LogP contribution in [-0.4, -0.2) is 39.9 Å². The van der Waals surface area contributed by atoms with Crippen molar-refractivity contribution in [2.75, 3.05) is 12.3 Å². The lowest BCUT2D eigenvalue weighted by Gasteiger charge is -2.41. The van der Waals surface area contributed by atoms with Crippen LogP contribution < -0.4 is 5.73 Å². The normalized spacial score (nSPS) is 35.9. The first-order valence-corrected chi connectivity index (χ1v) is 7.74. The second kappa shape index (κ2) is 5.19. The highest BCUT2D eigenvalue weighted by Crippen LogP contribution is 2.40.